The molecule has 0 amide bonds. The Kier molecular flexibility index (Phi) is 3.41. The molecule has 1 N–H and O–H groups in total. The topological polar surface area (TPSA) is 30.5 Å². The molecule has 1 aromatic carbocycles. The van der Waals surface area contributed by atoms with Crippen LogP contribution in [-0.2, 0) is 4.74 Å². The van der Waals surface area contributed by atoms with Crippen LogP contribution in [0.1, 0.15) is 18.5 Å². The van der Waals surface area contributed by atoms with Crippen LogP contribution in [0.2, 0.25) is 0 Å². The summed E-state index contributed by atoms with van der Waals surface area (Å²) in [5.74, 6) is 0.492. The van der Waals surface area contributed by atoms with E-state index in [0.29, 0.717) is 13.2 Å². The summed E-state index contributed by atoms with van der Waals surface area (Å²) in [6.45, 7) is 3.20. The fourth-order valence-electron chi connectivity index (χ4n) is 1.58. The molecule has 1 aliphatic heterocycles. The van der Waals surface area contributed by atoms with Crippen LogP contribution in [0.3, 0.4) is 0 Å². The standard InChI is InChI=1S/C12H16FNO2/c1-8(14-2)11-5-9(13)3-4-12(11)16-10-6-15-7-10/h3-5,8,10,14H,6-7H2,1-2H3. The van der Waals surface area contributed by atoms with E-state index in [1.807, 2.05) is 14.0 Å². The van der Waals surface area contributed by atoms with Gasteiger partial charge in [-0.3, -0.25) is 0 Å². The van der Waals surface area contributed by atoms with E-state index in [-0.39, 0.29) is 18.0 Å². The van der Waals surface area contributed by atoms with Gasteiger partial charge >= 0.3 is 0 Å². The van der Waals surface area contributed by atoms with Gasteiger partial charge in [-0.2, -0.15) is 0 Å². The van der Waals surface area contributed by atoms with Gasteiger partial charge in [0.25, 0.3) is 0 Å². The molecule has 0 radical (unpaired) electrons. The second-order valence-electron chi connectivity index (χ2n) is 3.97. The molecule has 1 atom stereocenters. The summed E-state index contributed by atoms with van der Waals surface area (Å²) in [6, 6.07) is 4.67. The molecule has 0 aliphatic carbocycles. The van der Waals surface area contributed by atoms with Gasteiger partial charge in [0.1, 0.15) is 17.7 Å². The van der Waals surface area contributed by atoms with E-state index in [0.717, 1.165) is 11.3 Å². The molecular formula is C12H16FNO2. The molecular weight excluding hydrogens is 209 g/mol. The molecule has 0 spiro atoms. The Hall–Kier alpha value is -1.13. The maximum Gasteiger partial charge on any atom is 0.145 e. The van der Waals surface area contributed by atoms with E-state index in [1.165, 1.54) is 12.1 Å². The second-order valence-corrected chi connectivity index (χ2v) is 3.97. The van der Waals surface area contributed by atoms with E-state index >= 15 is 0 Å². The molecule has 1 heterocycles. The van der Waals surface area contributed by atoms with Crippen molar-refractivity contribution in [3.8, 4) is 5.75 Å². The molecule has 1 aliphatic rings. The first-order valence-corrected chi connectivity index (χ1v) is 5.42. The zero-order valence-corrected chi connectivity index (χ0v) is 9.50. The summed E-state index contributed by atoms with van der Waals surface area (Å²) < 4.78 is 23.9. The van der Waals surface area contributed by atoms with Crippen LogP contribution >= 0.6 is 0 Å². The largest absolute Gasteiger partial charge is 0.485 e. The summed E-state index contributed by atoms with van der Waals surface area (Å²) >= 11 is 0. The minimum absolute atomic E-state index is 0.0618. The SMILES string of the molecule is CNC(C)c1cc(F)ccc1OC1COC1. The maximum absolute atomic E-state index is 13.2. The van der Waals surface area contributed by atoms with Crippen LogP contribution in [0.5, 0.6) is 5.75 Å². The predicted octanol–water partition coefficient (Wildman–Crippen LogP) is 1.88. The quantitative estimate of drug-likeness (QED) is 0.848. The van der Waals surface area contributed by atoms with Crippen molar-refractivity contribution in [3.05, 3.63) is 29.6 Å². The van der Waals surface area contributed by atoms with Crippen molar-refractivity contribution in [2.45, 2.75) is 19.1 Å². The van der Waals surface area contributed by atoms with Gasteiger partial charge in [0.15, 0.2) is 0 Å². The first-order chi connectivity index (χ1) is 7.70. The average molecular weight is 225 g/mol. The smallest absolute Gasteiger partial charge is 0.145 e. The Balaban J connectivity index is 2.20. The minimum atomic E-state index is -0.241. The van der Waals surface area contributed by atoms with Gasteiger partial charge in [0.2, 0.25) is 0 Å². The Morgan fingerprint density at radius 2 is 2.25 bits per heavy atom. The van der Waals surface area contributed by atoms with E-state index in [4.69, 9.17) is 9.47 Å². The molecule has 3 nitrogen and oxygen atoms in total. The Morgan fingerprint density at radius 1 is 1.50 bits per heavy atom. The lowest BCUT2D eigenvalue weighted by Gasteiger charge is -2.28. The molecule has 0 aromatic heterocycles. The molecule has 0 saturated carbocycles. The van der Waals surface area contributed by atoms with Crippen LogP contribution in [0.4, 0.5) is 4.39 Å². The fourth-order valence-corrected chi connectivity index (χ4v) is 1.58. The Labute approximate surface area is 94.6 Å². The van der Waals surface area contributed by atoms with Crippen molar-refractivity contribution >= 4 is 0 Å². The highest BCUT2D eigenvalue weighted by atomic mass is 19.1. The van der Waals surface area contributed by atoms with Gasteiger partial charge in [-0.15, -0.1) is 0 Å². The Morgan fingerprint density at radius 3 is 2.81 bits per heavy atom. The van der Waals surface area contributed by atoms with Gasteiger partial charge < -0.3 is 14.8 Å². The third-order valence-corrected chi connectivity index (χ3v) is 2.77. The average Bonchev–Trinajstić information content (AvgIpc) is 2.23. The van der Waals surface area contributed by atoms with Crippen LogP contribution < -0.4 is 10.1 Å². The van der Waals surface area contributed by atoms with Crippen molar-refractivity contribution in [1.29, 1.82) is 0 Å². The van der Waals surface area contributed by atoms with Crippen LogP contribution in [0, 0.1) is 5.82 Å². The maximum atomic E-state index is 13.2. The van der Waals surface area contributed by atoms with Gasteiger partial charge in [-0.05, 0) is 32.2 Å². The number of rotatable bonds is 4. The Bertz CT molecular complexity index is 366. The van der Waals surface area contributed by atoms with Gasteiger partial charge in [0.05, 0.1) is 13.2 Å². The van der Waals surface area contributed by atoms with Crippen molar-refractivity contribution < 1.29 is 13.9 Å². The highest BCUT2D eigenvalue weighted by Gasteiger charge is 2.22. The number of ether oxygens (including phenoxy) is 2. The zero-order valence-electron chi connectivity index (χ0n) is 9.50. The van der Waals surface area contributed by atoms with E-state index in [2.05, 4.69) is 5.32 Å². The number of halogens is 1. The second kappa shape index (κ2) is 4.80. The minimum Gasteiger partial charge on any atom is -0.485 e. The third-order valence-electron chi connectivity index (χ3n) is 2.77. The molecule has 1 aromatic rings. The van der Waals surface area contributed by atoms with E-state index in [1.54, 1.807) is 6.07 Å². The van der Waals surface area contributed by atoms with Crippen molar-refractivity contribution in [2.24, 2.45) is 0 Å². The molecule has 0 bridgehead atoms. The molecule has 88 valence electrons. The summed E-state index contributed by atoms with van der Waals surface area (Å²) in [5, 5.41) is 3.08. The van der Waals surface area contributed by atoms with Crippen molar-refractivity contribution in [1.82, 2.24) is 5.32 Å². The van der Waals surface area contributed by atoms with Gasteiger partial charge in [-0.1, -0.05) is 0 Å². The first kappa shape index (κ1) is 11.4. The molecule has 16 heavy (non-hydrogen) atoms. The molecule has 1 fully saturated rings. The summed E-state index contributed by atoms with van der Waals surface area (Å²) in [5.41, 5.74) is 0.842. The number of nitrogens with one attached hydrogen (secondary N) is 1. The van der Waals surface area contributed by atoms with Crippen LogP contribution in [0.25, 0.3) is 0 Å². The molecule has 4 heteroatoms. The van der Waals surface area contributed by atoms with E-state index in [9.17, 15) is 4.39 Å². The highest BCUT2D eigenvalue weighted by Crippen LogP contribution is 2.27. The summed E-state index contributed by atoms with van der Waals surface area (Å²) in [6.07, 6.45) is 0.105. The first-order valence-electron chi connectivity index (χ1n) is 5.42. The zero-order chi connectivity index (χ0) is 11.5. The lowest BCUT2D eigenvalue weighted by Crippen LogP contribution is -2.39. The summed E-state index contributed by atoms with van der Waals surface area (Å²) in [7, 11) is 1.84. The predicted molar refractivity (Wildman–Crippen MR) is 59.1 cm³/mol. The van der Waals surface area contributed by atoms with Crippen LogP contribution in [0.15, 0.2) is 18.2 Å². The molecule has 1 saturated heterocycles. The van der Waals surface area contributed by atoms with Gasteiger partial charge in [-0.25, -0.2) is 4.39 Å². The fraction of sp³-hybridized carbons (Fsp3) is 0.500. The summed E-state index contributed by atoms with van der Waals surface area (Å²) in [4.78, 5) is 0. The molecule has 1 unspecified atom stereocenters. The number of benzene rings is 1. The van der Waals surface area contributed by atoms with Crippen molar-refractivity contribution in [2.75, 3.05) is 20.3 Å². The third kappa shape index (κ3) is 2.33. The lowest BCUT2D eigenvalue weighted by atomic mass is 10.1. The van der Waals surface area contributed by atoms with Gasteiger partial charge in [0, 0.05) is 11.6 Å². The number of hydrogen-bond acceptors (Lipinski definition) is 3. The molecule has 2 rings (SSSR count). The number of hydrogen-bond donors (Lipinski definition) is 1. The normalized spacial score (nSPS) is 17.9. The highest BCUT2D eigenvalue weighted by molar-refractivity contribution is 5.36. The van der Waals surface area contributed by atoms with Crippen molar-refractivity contribution in [3.63, 3.8) is 0 Å². The lowest BCUT2D eigenvalue weighted by molar-refractivity contribution is -0.0801. The van der Waals surface area contributed by atoms with E-state index < -0.39 is 0 Å². The van der Waals surface area contributed by atoms with Crippen LogP contribution in [-0.4, -0.2) is 26.4 Å². The monoisotopic (exact) mass is 225 g/mol.